The van der Waals surface area contributed by atoms with Gasteiger partial charge in [-0.05, 0) is 30.3 Å². The molecule has 3 rings (SSSR count). The lowest BCUT2D eigenvalue weighted by Crippen LogP contribution is -2.41. The van der Waals surface area contributed by atoms with Crippen LogP contribution in [0.4, 0.5) is 18.9 Å². The van der Waals surface area contributed by atoms with E-state index < -0.39 is 56.5 Å². The molecule has 166 valence electrons. The Kier molecular flexibility index (Phi) is 6.93. The second-order valence-corrected chi connectivity index (χ2v) is 8.29. The van der Waals surface area contributed by atoms with Gasteiger partial charge in [-0.2, -0.15) is 4.31 Å². The monoisotopic (exact) mass is 458 g/mol. The summed E-state index contributed by atoms with van der Waals surface area (Å²) in [6, 6.07) is 5.55. The number of carbonyl (C=O) groups is 2. The van der Waals surface area contributed by atoms with Crippen molar-refractivity contribution in [1.29, 1.82) is 0 Å². The fourth-order valence-electron chi connectivity index (χ4n) is 2.76. The highest BCUT2D eigenvalue weighted by Gasteiger charge is 2.30. The third-order valence-electron chi connectivity index (χ3n) is 4.32. The highest BCUT2D eigenvalue weighted by Crippen LogP contribution is 2.22. The summed E-state index contributed by atoms with van der Waals surface area (Å²) >= 11 is 0. The van der Waals surface area contributed by atoms with Crippen LogP contribution in [0.1, 0.15) is 10.4 Å². The van der Waals surface area contributed by atoms with Crippen LogP contribution in [0.2, 0.25) is 0 Å². The molecule has 1 fully saturated rings. The number of para-hydroxylation sites is 1. The quantitative estimate of drug-likeness (QED) is 0.664. The minimum atomic E-state index is -4.22. The van der Waals surface area contributed by atoms with Gasteiger partial charge in [0.05, 0.1) is 18.8 Å². The Hall–Kier alpha value is -2.96. The molecule has 0 aromatic heterocycles. The first-order valence-corrected chi connectivity index (χ1v) is 10.4. The van der Waals surface area contributed by atoms with Crippen LogP contribution in [0.3, 0.4) is 0 Å². The van der Waals surface area contributed by atoms with E-state index in [1.54, 1.807) is 0 Å². The molecular weight excluding hydrogens is 441 g/mol. The lowest BCUT2D eigenvalue weighted by atomic mass is 10.2. The molecule has 2 aromatic rings. The van der Waals surface area contributed by atoms with Crippen molar-refractivity contribution < 1.29 is 40.7 Å². The van der Waals surface area contributed by atoms with Gasteiger partial charge < -0.3 is 14.8 Å². The van der Waals surface area contributed by atoms with Gasteiger partial charge in [0.2, 0.25) is 10.0 Å². The van der Waals surface area contributed by atoms with Crippen LogP contribution in [0.15, 0.2) is 41.3 Å². The summed E-state index contributed by atoms with van der Waals surface area (Å²) in [5.41, 5.74) is -1.03. The Balaban J connectivity index is 1.69. The van der Waals surface area contributed by atoms with E-state index in [0.29, 0.717) is 0 Å². The number of ether oxygens (including phenoxy) is 2. The van der Waals surface area contributed by atoms with Crippen LogP contribution in [-0.2, 0) is 24.3 Å². The van der Waals surface area contributed by atoms with Crippen molar-refractivity contribution in [2.24, 2.45) is 0 Å². The summed E-state index contributed by atoms with van der Waals surface area (Å²) in [5.74, 6) is -5.24. The Morgan fingerprint density at radius 1 is 1.03 bits per heavy atom. The molecule has 1 aliphatic rings. The van der Waals surface area contributed by atoms with Crippen LogP contribution >= 0.6 is 0 Å². The standard InChI is InChI=1S/C19H17F3N2O6S/c20-13-5-4-12(10-16(13)31(27,28)24-6-8-29-9-7-24)19(26)30-11-17(25)23-18-14(21)2-1-3-15(18)22/h1-5,10H,6-9,11H2,(H,23,25). The number of carbonyl (C=O) groups excluding carboxylic acids is 2. The molecule has 0 radical (unpaired) electrons. The van der Waals surface area contributed by atoms with Crippen molar-refractivity contribution in [3.8, 4) is 0 Å². The smallest absolute Gasteiger partial charge is 0.338 e. The lowest BCUT2D eigenvalue weighted by molar-refractivity contribution is -0.119. The van der Waals surface area contributed by atoms with Crippen molar-refractivity contribution in [2.45, 2.75) is 4.90 Å². The number of nitrogens with zero attached hydrogens (tertiary/aromatic N) is 1. The summed E-state index contributed by atoms with van der Waals surface area (Å²) < 4.78 is 77.5. The maximum atomic E-state index is 14.2. The van der Waals surface area contributed by atoms with Crippen LogP contribution in [0, 0.1) is 17.5 Å². The Morgan fingerprint density at radius 2 is 1.68 bits per heavy atom. The molecule has 12 heteroatoms. The van der Waals surface area contributed by atoms with E-state index in [2.05, 4.69) is 0 Å². The van der Waals surface area contributed by atoms with Crippen molar-refractivity contribution in [3.63, 3.8) is 0 Å². The summed E-state index contributed by atoms with van der Waals surface area (Å²) in [6.45, 7) is -0.539. The van der Waals surface area contributed by atoms with Crippen LogP contribution < -0.4 is 5.32 Å². The van der Waals surface area contributed by atoms with Crippen LogP contribution in [0.25, 0.3) is 0 Å². The van der Waals surface area contributed by atoms with Gasteiger partial charge in [-0.3, -0.25) is 4.79 Å². The van der Waals surface area contributed by atoms with E-state index in [0.717, 1.165) is 40.7 Å². The van der Waals surface area contributed by atoms with E-state index in [4.69, 9.17) is 9.47 Å². The SMILES string of the molecule is O=C(COC(=O)c1ccc(F)c(S(=O)(=O)N2CCOCC2)c1)Nc1c(F)cccc1F. The summed E-state index contributed by atoms with van der Waals surface area (Å²) in [4.78, 5) is 23.3. The normalized spacial score (nSPS) is 14.8. The highest BCUT2D eigenvalue weighted by molar-refractivity contribution is 7.89. The largest absolute Gasteiger partial charge is 0.452 e. The highest BCUT2D eigenvalue weighted by atomic mass is 32.2. The minimum absolute atomic E-state index is 0.0310. The molecular formula is C19H17F3N2O6S. The minimum Gasteiger partial charge on any atom is -0.452 e. The lowest BCUT2D eigenvalue weighted by Gasteiger charge is -2.26. The number of hydrogen-bond acceptors (Lipinski definition) is 6. The molecule has 0 aliphatic carbocycles. The molecule has 8 nitrogen and oxygen atoms in total. The van der Waals surface area contributed by atoms with Crippen molar-refractivity contribution >= 4 is 27.6 Å². The van der Waals surface area contributed by atoms with Gasteiger partial charge in [0.1, 0.15) is 28.0 Å². The van der Waals surface area contributed by atoms with E-state index in [1.807, 2.05) is 5.32 Å². The van der Waals surface area contributed by atoms with Gasteiger partial charge in [-0.15, -0.1) is 0 Å². The summed E-state index contributed by atoms with van der Waals surface area (Å²) in [7, 11) is -4.22. The number of hydrogen-bond donors (Lipinski definition) is 1. The zero-order chi connectivity index (χ0) is 22.6. The fraction of sp³-hybridized carbons (Fsp3) is 0.263. The average Bonchev–Trinajstić information content (AvgIpc) is 2.75. The molecule has 2 aromatic carbocycles. The van der Waals surface area contributed by atoms with Crippen molar-refractivity contribution in [1.82, 2.24) is 4.31 Å². The van der Waals surface area contributed by atoms with Gasteiger partial charge in [-0.1, -0.05) is 6.07 Å². The maximum absolute atomic E-state index is 14.2. The molecule has 1 saturated heterocycles. The van der Waals surface area contributed by atoms with Gasteiger partial charge in [0.15, 0.2) is 6.61 Å². The molecule has 0 spiro atoms. The second-order valence-electron chi connectivity index (χ2n) is 6.38. The van der Waals surface area contributed by atoms with Crippen molar-refractivity contribution in [2.75, 3.05) is 38.2 Å². The van der Waals surface area contributed by atoms with Gasteiger partial charge in [0.25, 0.3) is 5.91 Å². The maximum Gasteiger partial charge on any atom is 0.338 e. The number of sulfonamides is 1. The number of benzene rings is 2. The first-order chi connectivity index (χ1) is 14.7. The number of amides is 1. The predicted molar refractivity (Wildman–Crippen MR) is 101 cm³/mol. The third kappa shape index (κ3) is 5.21. The molecule has 1 heterocycles. The zero-order valence-corrected chi connectivity index (χ0v) is 16.8. The van der Waals surface area contributed by atoms with Crippen molar-refractivity contribution in [3.05, 3.63) is 59.4 Å². The second kappa shape index (κ2) is 9.45. The number of anilines is 1. The van der Waals surface area contributed by atoms with Gasteiger partial charge in [-0.25, -0.2) is 26.4 Å². The average molecular weight is 458 g/mol. The van der Waals surface area contributed by atoms with Crippen LogP contribution in [0.5, 0.6) is 0 Å². The zero-order valence-electron chi connectivity index (χ0n) is 15.9. The number of morpholine rings is 1. The first kappa shape index (κ1) is 22.7. The van der Waals surface area contributed by atoms with E-state index in [9.17, 15) is 31.2 Å². The molecule has 0 saturated carbocycles. The Morgan fingerprint density at radius 3 is 2.32 bits per heavy atom. The molecule has 1 aliphatic heterocycles. The van der Waals surface area contributed by atoms with E-state index in [-0.39, 0.29) is 31.9 Å². The Bertz CT molecular complexity index is 1080. The molecule has 0 bridgehead atoms. The van der Waals surface area contributed by atoms with E-state index in [1.165, 1.54) is 0 Å². The van der Waals surface area contributed by atoms with Crippen LogP contribution in [-0.4, -0.2) is 57.5 Å². The topological polar surface area (TPSA) is 102 Å². The molecule has 31 heavy (non-hydrogen) atoms. The Labute approximate surface area is 175 Å². The molecule has 0 atom stereocenters. The number of rotatable bonds is 6. The van der Waals surface area contributed by atoms with Gasteiger partial charge in [0, 0.05) is 13.1 Å². The molecule has 1 amide bonds. The van der Waals surface area contributed by atoms with E-state index >= 15 is 0 Å². The fourth-order valence-corrected chi connectivity index (χ4v) is 4.26. The van der Waals surface area contributed by atoms with Gasteiger partial charge >= 0.3 is 5.97 Å². The summed E-state index contributed by atoms with van der Waals surface area (Å²) in [5, 5.41) is 1.93. The summed E-state index contributed by atoms with van der Waals surface area (Å²) in [6.07, 6.45) is 0. The first-order valence-electron chi connectivity index (χ1n) is 8.98. The molecule has 0 unspecified atom stereocenters. The molecule has 1 N–H and O–H groups in total. The third-order valence-corrected chi connectivity index (χ3v) is 6.23. The number of nitrogens with one attached hydrogen (secondary N) is 1. The predicted octanol–water partition coefficient (Wildman–Crippen LogP) is 1.92. The number of esters is 1. The number of halogens is 3.